The molecule has 0 fully saturated rings. The first-order valence-electron chi connectivity index (χ1n) is 22.2. The monoisotopic (exact) mass is 862 g/mol. The van der Waals surface area contributed by atoms with E-state index in [1.54, 1.807) is 9.80 Å². The van der Waals surface area contributed by atoms with Crippen molar-refractivity contribution in [2.24, 2.45) is 0 Å². The van der Waals surface area contributed by atoms with Gasteiger partial charge in [0.2, 0.25) is 0 Å². The molecule has 0 unspecified atom stereocenters. The van der Waals surface area contributed by atoms with E-state index in [1.807, 2.05) is 208 Å². The van der Waals surface area contributed by atoms with Gasteiger partial charge in [0.25, 0.3) is 11.8 Å². The lowest BCUT2D eigenvalue weighted by molar-refractivity contribution is -0.124. The molecule has 322 valence electrons. The number of anilines is 6. The summed E-state index contributed by atoms with van der Waals surface area (Å²) in [6.07, 6.45) is 0. The number of carbonyl (C=O) groups excluding carboxylic acids is 2. The van der Waals surface area contributed by atoms with Gasteiger partial charge in [-0.05, 0) is 146 Å². The molecule has 2 heterocycles. The van der Waals surface area contributed by atoms with Crippen LogP contribution in [-0.2, 0) is 9.59 Å². The predicted octanol–water partition coefficient (Wildman–Crippen LogP) is 14.1. The van der Waals surface area contributed by atoms with Crippen LogP contribution < -0.4 is 19.3 Å². The van der Waals surface area contributed by atoms with Gasteiger partial charge < -0.3 is 29.1 Å². The molecule has 10 rings (SSSR count). The highest BCUT2D eigenvalue weighted by atomic mass is 16.5. The molecule has 8 nitrogen and oxygen atoms in total. The predicted molar refractivity (Wildman–Crippen MR) is 264 cm³/mol. The standard InChI is InChI=1S/C58H46N4O4/c1-3-59-55(41-25-29-45(30-26-41)61(43-17-9-5-10-18-43)47-33-37-51(38-34-47)65-49-21-13-7-14-22-49)53-54(57(59)63)56(60(4-2)58(53)64)42-27-31-46(32-28-42)62(44-19-11-6-12-20-44)48-35-39-52(40-36-48)66-50-23-15-8-16-24-50/h5-40H,3-4H2,1-2H3. The van der Waals surface area contributed by atoms with Crippen molar-refractivity contribution >= 4 is 57.3 Å². The minimum absolute atomic E-state index is 0.178. The first-order valence-corrected chi connectivity index (χ1v) is 22.2. The zero-order valence-electron chi connectivity index (χ0n) is 36.6. The van der Waals surface area contributed by atoms with E-state index in [0.29, 0.717) is 35.6 Å². The van der Waals surface area contributed by atoms with Crippen LogP contribution in [0.2, 0.25) is 0 Å². The zero-order valence-corrected chi connectivity index (χ0v) is 36.6. The number of hydrogen-bond acceptors (Lipinski definition) is 6. The fourth-order valence-corrected chi connectivity index (χ4v) is 8.76. The van der Waals surface area contributed by atoms with E-state index in [-0.39, 0.29) is 11.8 Å². The number of amides is 2. The summed E-state index contributed by atoms with van der Waals surface area (Å²) in [4.78, 5) is 37.0. The highest BCUT2D eigenvalue weighted by Gasteiger charge is 2.48. The normalized spacial score (nSPS) is 13.3. The van der Waals surface area contributed by atoms with E-state index in [0.717, 1.165) is 68.2 Å². The number of rotatable bonds is 14. The number of ether oxygens (including phenoxy) is 2. The third-order valence-electron chi connectivity index (χ3n) is 11.8. The number of nitrogens with zero attached hydrogens (tertiary/aromatic N) is 4. The lowest BCUT2D eigenvalue weighted by atomic mass is 10.0. The molecular weight excluding hydrogens is 817 g/mol. The molecular formula is C58H46N4O4. The van der Waals surface area contributed by atoms with E-state index in [1.165, 1.54) is 0 Å². The van der Waals surface area contributed by atoms with E-state index in [9.17, 15) is 9.59 Å². The topological polar surface area (TPSA) is 65.6 Å². The Hall–Kier alpha value is -8.62. The quantitative estimate of drug-likeness (QED) is 0.108. The van der Waals surface area contributed by atoms with E-state index in [2.05, 4.69) is 34.1 Å². The van der Waals surface area contributed by atoms with Gasteiger partial charge in [0.05, 0.1) is 22.5 Å². The fraction of sp³-hybridized carbons (Fsp3) is 0.0690. The maximum Gasteiger partial charge on any atom is 0.261 e. The van der Waals surface area contributed by atoms with Gasteiger partial charge in [-0.1, -0.05) is 97.1 Å². The molecule has 0 bridgehead atoms. The van der Waals surface area contributed by atoms with E-state index in [4.69, 9.17) is 9.47 Å². The van der Waals surface area contributed by atoms with E-state index >= 15 is 0 Å². The SMILES string of the molecule is CCN1C(=O)C2=C(c3ccc(N(c4ccccc4)c4ccc(Oc5ccccc5)cc4)cc3)N(CC)C(=O)C2=C1c1ccc(N(c2ccccc2)c2ccc(Oc3ccccc3)cc2)cc1. The van der Waals surface area contributed by atoms with Crippen LogP contribution in [0.1, 0.15) is 25.0 Å². The second-order valence-corrected chi connectivity index (χ2v) is 15.8. The summed E-state index contributed by atoms with van der Waals surface area (Å²) < 4.78 is 12.2. The maximum absolute atomic E-state index is 14.6. The Bertz CT molecular complexity index is 2840. The Kier molecular flexibility index (Phi) is 11.4. The Balaban J connectivity index is 0.981. The zero-order chi connectivity index (χ0) is 45.0. The van der Waals surface area contributed by atoms with Gasteiger partial charge in [0, 0.05) is 47.2 Å². The van der Waals surface area contributed by atoms with Gasteiger partial charge in [-0.2, -0.15) is 0 Å². The molecule has 0 radical (unpaired) electrons. The molecule has 0 saturated heterocycles. The van der Waals surface area contributed by atoms with Crippen LogP contribution in [0.4, 0.5) is 34.1 Å². The van der Waals surface area contributed by atoms with Crippen LogP contribution in [0.15, 0.2) is 230 Å². The summed E-state index contributed by atoms with van der Waals surface area (Å²) in [5.41, 5.74) is 9.42. The lowest BCUT2D eigenvalue weighted by Crippen LogP contribution is -2.29. The smallest absolute Gasteiger partial charge is 0.261 e. The van der Waals surface area contributed by atoms with Gasteiger partial charge in [0.1, 0.15) is 23.0 Å². The van der Waals surface area contributed by atoms with Gasteiger partial charge >= 0.3 is 0 Å². The number of likely N-dealkylation sites (N-methyl/N-ethyl adjacent to an activating group) is 2. The van der Waals surface area contributed by atoms with Crippen molar-refractivity contribution in [3.63, 3.8) is 0 Å². The van der Waals surface area contributed by atoms with Gasteiger partial charge in [-0.15, -0.1) is 0 Å². The third-order valence-corrected chi connectivity index (χ3v) is 11.8. The van der Waals surface area contributed by atoms with Crippen LogP contribution in [0.25, 0.3) is 11.4 Å². The van der Waals surface area contributed by atoms with Crippen LogP contribution in [0.5, 0.6) is 23.0 Å². The third kappa shape index (κ3) is 7.97. The molecule has 8 aromatic rings. The molecule has 2 aliphatic heterocycles. The number of benzene rings is 8. The first-order chi connectivity index (χ1) is 32.5. The van der Waals surface area contributed by atoms with Gasteiger partial charge in [-0.25, -0.2) is 0 Å². The van der Waals surface area contributed by atoms with E-state index < -0.39 is 0 Å². The molecule has 0 spiro atoms. The Morgan fingerprint density at radius 2 is 0.591 bits per heavy atom. The second kappa shape index (κ2) is 18.2. The highest BCUT2D eigenvalue weighted by Crippen LogP contribution is 2.47. The molecule has 0 atom stereocenters. The average Bonchev–Trinajstić information content (AvgIpc) is 3.83. The Labute approximate surface area is 385 Å². The summed E-state index contributed by atoms with van der Waals surface area (Å²) in [5.74, 6) is 2.66. The largest absolute Gasteiger partial charge is 0.457 e. The number of carbonyl (C=O) groups is 2. The van der Waals surface area contributed by atoms with Crippen LogP contribution in [-0.4, -0.2) is 34.7 Å². The molecule has 0 aromatic heterocycles. The molecule has 8 aromatic carbocycles. The van der Waals surface area contributed by atoms with Crippen molar-refractivity contribution in [2.75, 3.05) is 22.9 Å². The minimum Gasteiger partial charge on any atom is -0.457 e. The van der Waals surface area contributed by atoms with Crippen molar-refractivity contribution in [2.45, 2.75) is 13.8 Å². The van der Waals surface area contributed by atoms with Crippen LogP contribution >= 0.6 is 0 Å². The molecule has 2 amide bonds. The average molecular weight is 863 g/mol. The molecule has 2 aliphatic rings. The van der Waals surface area contributed by atoms with Crippen molar-refractivity contribution < 1.29 is 19.1 Å². The van der Waals surface area contributed by atoms with Crippen molar-refractivity contribution in [1.82, 2.24) is 9.80 Å². The van der Waals surface area contributed by atoms with Gasteiger partial charge in [0.15, 0.2) is 0 Å². The van der Waals surface area contributed by atoms with Crippen LogP contribution in [0.3, 0.4) is 0 Å². The van der Waals surface area contributed by atoms with Crippen molar-refractivity contribution in [1.29, 1.82) is 0 Å². The fourth-order valence-electron chi connectivity index (χ4n) is 8.76. The number of fused-ring (bicyclic) bond motifs is 1. The number of para-hydroxylation sites is 4. The summed E-state index contributed by atoms with van der Waals surface area (Å²) in [6.45, 7) is 4.71. The molecule has 8 heteroatoms. The summed E-state index contributed by atoms with van der Waals surface area (Å²) in [7, 11) is 0. The van der Waals surface area contributed by atoms with Crippen molar-refractivity contribution in [3.8, 4) is 23.0 Å². The molecule has 0 aliphatic carbocycles. The summed E-state index contributed by atoms with van der Waals surface area (Å²) >= 11 is 0. The van der Waals surface area contributed by atoms with Crippen LogP contribution in [0, 0.1) is 0 Å². The molecule has 0 saturated carbocycles. The minimum atomic E-state index is -0.178. The second-order valence-electron chi connectivity index (χ2n) is 15.8. The lowest BCUT2D eigenvalue weighted by Gasteiger charge is -2.27. The summed E-state index contributed by atoms with van der Waals surface area (Å²) in [6, 6.07) is 72.0. The summed E-state index contributed by atoms with van der Waals surface area (Å²) in [5, 5.41) is 0. The number of hydrogen-bond donors (Lipinski definition) is 0. The first kappa shape index (κ1) is 41.4. The highest BCUT2D eigenvalue weighted by molar-refractivity contribution is 6.30. The van der Waals surface area contributed by atoms with Gasteiger partial charge in [-0.3, -0.25) is 9.59 Å². The molecule has 66 heavy (non-hydrogen) atoms. The Morgan fingerprint density at radius 3 is 0.894 bits per heavy atom. The van der Waals surface area contributed by atoms with Crippen molar-refractivity contribution in [3.05, 3.63) is 241 Å². The molecule has 0 N–H and O–H groups in total. The Morgan fingerprint density at radius 1 is 0.333 bits per heavy atom. The maximum atomic E-state index is 14.6.